The average molecular weight is 605 g/mol. The maximum Gasteiger partial charge on any atom is 0.407 e. The number of hydrogen-bond donors (Lipinski definition) is 3. The topological polar surface area (TPSA) is 144 Å². The van der Waals surface area contributed by atoms with Crippen LogP contribution in [0, 0.1) is 11.8 Å². The van der Waals surface area contributed by atoms with Crippen molar-refractivity contribution in [2.75, 3.05) is 32.9 Å². The fourth-order valence-corrected chi connectivity index (χ4v) is 7.42. The van der Waals surface area contributed by atoms with E-state index in [9.17, 15) is 23.4 Å². The van der Waals surface area contributed by atoms with E-state index in [2.05, 4.69) is 5.32 Å². The number of sulfonamides is 1. The largest absolute Gasteiger partial charge is 0.487 e. The summed E-state index contributed by atoms with van der Waals surface area (Å²) in [6, 6.07) is 13.2. The predicted octanol–water partition coefficient (Wildman–Crippen LogP) is 2.09. The Morgan fingerprint density at radius 1 is 1.14 bits per heavy atom. The summed E-state index contributed by atoms with van der Waals surface area (Å²) in [5.41, 5.74) is 1.57. The lowest BCUT2D eigenvalue weighted by atomic mass is 10.0. The number of rotatable bonds is 12. The fourth-order valence-electron chi connectivity index (χ4n) is 5.74. The molecule has 230 valence electrons. The van der Waals surface area contributed by atoms with Gasteiger partial charge >= 0.3 is 6.09 Å². The van der Waals surface area contributed by atoms with Gasteiger partial charge in [-0.1, -0.05) is 44.2 Å². The Morgan fingerprint density at radius 2 is 1.93 bits per heavy atom. The molecule has 42 heavy (non-hydrogen) atoms. The minimum absolute atomic E-state index is 0.0297. The lowest BCUT2D eigenvalue weighted by molar-refractivity contribution is -0.0907. The molecule has 1 amide bonds. The van der Waals surface area contributed by atoms with Gasteiger partial charge in [0.1, 0.15) is 18.0 Å². The molecular formula is C30H40N2O9S. The number of ether oxygens (including phenoxy) is 4. The van der Waals surface area contributed by atoms with E-state index in [-0.39, 0.29) is 55.7 Å². The second-order valence-electron chi connectivity index (χ2n) is 11.6. The molecular weight excluding hydrogens is 564 g/mol. The Bertz CT molecular complexity index is 1320. The van der Waals surface area contributed by atoms with E-state index < -0.39 is 40.5 Å². The molecule has 12 heteroatoms. The highest BCUT2D eigenvalue weighted by molar-refractivity contribution is 7.89. The molecule has 3 heterocycles. The second-order valence-corrected chi connectivity index (χ2v) is 13.5. The van der Waals surface area contributed by atoms with Crippen molar-refractivity contribution in [3.05, 3.63) is 59.7 Å². The first kappa shape index (κ1) is 30.7. The van der Waals surface area contributed by atoms with E-state index >= 15 is 0 Å². The zero-order chi connectivity index (χ0) is 29.9. The molecule has 3 N–H and O–H groups in total. The van der Waals surface area contributed by atoms with Gasteiger partial charge in [0.05, 0.1) is 42.8 Å². The lowest BCUT2D eigenvalue weighted by Gasteiger charge is -2.31. The fraction of sp³-hybridized carbons (Fsp3) is 0.567. The molecule has 0 saturated carbocycles. The van der Waals surface area contributed by atoms with Crippen LogP contribution >= 0.6 is 0 Å². The summed E-state index contributed by atoms with van der Waals surface area (Å²) >= 11 is 0. The Morgan fingerprint density at radius 3 is 2.67 bits per heavy atom. The van der Waals surface area contributed by atoms with Crippen LogP contribution in [0.15, 0.2) is 53.4 Å². The molecule has 1 unspecified atom stereocenters. The molecule has 0 radical (unpaired) electrons. The highest BCUT2D eigenvalue weighted by Crippen LogP contribution is 2.34. The molecule has 2 aromatic carbocycles. The molecule has 6 atom stereocenters. The summed E-state index contributed by atoms with van der Waals surface area (Å²) in [6.07, 6.45) is -1.77. The number of aliphatic hydroxyl groups excluding tert-OH is 2. The summed E-state index contributed by atoms with van der Waals surface area (Å²) in [7, 11) is -4.02. The van der Waals surface area contributed by atoms with E-state index in [1.54, 1.807) is 12.1 Å². The van der Waals surface area contributed by atoms with Crippen molar-refractivity contribution in [1.29, 1.82) is 0 Å². The number of aliphatic hydroxyl groups is 2. The van der Waals surface area contributed by atoms with Gasteiger partial charge in [0, 0.05) is 19.5 Å². The van der Waals surface area contributed by atoms with Crippen LogP contribution in [0.4, 0.5) is 4.79 Å². The third-order valence-electron chi connectivity index (χ3n) is 7.88. The first-order valence-corrected chi connectivity index (χ1v) is 15.9. The van der Waals surface area contributed by atoms with Crippen molar-refractivity contribution in [2.45, 2.75) is 68.6 Å². The van der Waals surface area contributed by atoms with Crippen LogP contribution in [0.3, 0.4) is 0 Å². The second kappa shape index (κ2) is 13.3. The summed E-state index contributed by atoms with van der Waals surface area (Å²) in [5.74, 6) is 0.487. The number of carbonyl (C=O) groups is 1. The van der Waals surface area contributed by atoms with Crippen LogP contribution in [0.25, 0.3) is 0 Å². The number of nitrogens with one attached hydrogen (secondary N) is 1. The number of hydrogen-bond acceptors (Lipinski definition) is 9. The van der Waals surface area contributed by atoms with Crippen LogP contribution in [0.5, 0.6) is 5.75 Å². The van der Waals surface area contributed by atoms with Gasteiger partial charge in [0.25, 0.3) is 0 Å². The first-order valence-electron chi connectivity index (χ1n) is 14.5. The quantitative estimate of drug-likeness (QED) is 0.332. The number of amides is 1. The van der Waals surface area contributed by atoms with Crippen molar-refractivity contribution in [2.24, 2.45) is 11.8 Å². The molecule has 5 rings (SSSR count). The summed E-state index contributed by atoms with van der Waals surface area (Å²) in [5, 5.41) is 23.7. The van der Waals surface area contributed by atoms with Gasteiger partial charge in [-0.15, -0.1) is 0 Å². The maximum absolute atomic E-state index is 13.9. The molecule has 3 aliphatic rings. The molecule has 2 fully saturated rings. The van der Waals surface area contributed by atoms with Crippen LogP contribution in [-0.4, -0.2) is 92.6 Å². The monoisotopic (exact) mass is 604 g/mol. The van der Waals surface area contributed by atoms with Gasteiger partial charge in [-0.25, -0.2) is 13.2 Å². The van der Waals surface area contributed by atoms with Crippen molar-refractivity contribution in [3.63, 3.8) is 0 Å². The molecule has 0 bridgehead atoms. The van der Waals surface area contributed by atoms with Crippen molar-refractivity contribution in [1.82, 2.24) is 9.62 Å². The summed E-state index contributed by atoms with van der Waals surface area (Å²) in [6.45, 7) is 4.35. The predicted molar refractivity (Wildman–Crippen MR) is 152 cm³/mol. The SMILES string of the molecule is CC(C)CN(C[C@@H](O)[C@H](Cc1ccccc1)NC(=O)O[C@H]1CO[C@H]2OCC[C@H]21)S(=O)(=O)c1ccc2c(c1)CC(CO)O2. The molecule has 3 aliphatic heterocycles. The average Bonchev–Trinajstić information content (AvgIpc) is 3.69. The molecule has 0 spiro atoms. The van der Waals surface area contributed by atoms with E-state index in [0.29, 0.717) is 24.3 Å². The minimum Gasteiger partial charge on any atom is -0.487 e. The standard InChI is InChI=1S/C30H40N2O9S/c1-19(2)15-32(42(36,37)23-8-9-27-21(14-23)13-22(17-33)40-27)16-26(34)25(12-20-6-4-3-5-7-20)31-30(35)41-28-18-39-29-24(28)10-11-38-29/h3-9,14,19,22,24-26,28-29,33-34H,10-13,15-18H2,1-2H3,(H,31,35)/t22?,24-,25-,26+,28-,29+/m0/s1. The van der Waals surface area contributed by atoms with E-state index in [4.69, 9.17) is 18.9 Å². The molecule has 0 aromatic heterocycles. The third kappa shape index (κ3) is 7.07. The van der Waals surface area contributed by atoms with Crippen molar-refractivity contribution < 1.29 is 42.4 Å². The third-order valence-corrected chi connectivity index (χ3v) is 9.71. The lowest BCUT2D eigenvalue weighted by Crippen LogP contribution is -2.51. The minimum atomic E-state index is -4.02. The number of nitrogens with zero attached hydrogens (tertiary/aromatic N) is 1. The van der Waals surface area contributed by atoms with Gasteiger partial charge in [-0.05, 0) is 48.1 Å². The summed E-state index contributed by atoms with van der Waals surface area (Å²) in [4.78, 5) is 13.1. The molecule has 2 aromatic rings. The molecule has 2 saturated heterocycles. The van der Waals surface area contributed by atoms with Crippen LogP contribution in [0.2, 0.25) is 0 Å². The number of carbonyl (C=O) groups excluding carboxylic acids is 1. The first-order chi connectivity index (χ1) is 20.1. The van der Waals surface area contributed by atoms with Gasteiger partial charge in [-0.3, -0.25) is 0 Å². The van der Waals surface area contributed by atoms with Gasteiger partial charge < -0.3 is 34.5 Å². The number of alkyl carbamates (subject to hydrolysis) is 1. The van der Waals surface area contributed by atoms with E-state index in [1.807, 2.05) is 44.2 Å². The van der Waals surface area contributed by atoms with Crippen LogP contribution < -0.4 is 10.1 Å². The van der Waals surface area contributed by atoms with Gasteiger partial charge in [0.15, 0.2) is 6.29 Å². The summed E-state index contributed by atoms with van der Waals surface area (Å²) < 4.78 is 51.4. The normalized spacial score (nSPS) is 24.7. The smallest absolute Gasteiger partial charge is 0.407 e. The number of benzene rings is 2. The van der Waals surface area contributed by atoms with Gasteiger partial charge in [0.2, 0.25) is 10.0 Å². The zero-order valence-corrected chi connectivity index (χ0v) is 24.7. The Hall–Kier alpha value is -2.74. The number of fused-ring (bicyclic) bond motifs is 2. The Balaban J connectivity index is 1.33. The van der Waals surface area contributed by atoms with Crippen molar-refractivity contribution in [3.8, 4) is 5.75 Å². The highest BCUT2D eigenvalue weighted by Gasteiger charge is 2.44. The zero-order valence-electron chi connectivity index (χ0n) is 23.9. The maximum atomic E-state index is 13.9. The van der Waals surface area contributed by atoms with Gasteiger partial charge in [-0.2, -0.15) is 4.31 Å². The van der Waals surface area contributed by atoms with Crippen molar-refractivity contribution >= 4 is 16.1 Å². The van der Waals surface area contributed by atoms with Crippen LogP contribution in [0.1, 0.15) is 31.4 Å². The molecule has 11 nitrogen and oxygen atoms in total. The van der Waals surface area contributed by atoms with E-state index in [1.165, 1.54) is 10.4 Å². The highest BCUT2D eigenvalue weighted by atomic mass is 32.2. The molecule has 0 aliphatic carbocycles. The Labute approximate surface area is 246 Å². The van der Waals surface area contributed by atoms with E-state index in [0.717, 1.165) is 12.0 Å². The van der Waals surface area contributed by atoms with Crippen LogP contribution in [-0.2, 0) is 37.1 Å². The Kier molecular flexibility index (Phi) is 9.70.